The van der Waals surface area contributed by atoms with E-state index in [9.17, 15) is 4.79 Å². The Hall–Kier alpha value is -1.65. The molecule has 0 aliphatic carbocycles. The Morgan fingerprint density at radius 2 is 1.95 bits per heavy atom. The van der Waals surface area contributed by atoms with E-state index in [-0.39, 0.29) is 5.97 Å². The van der Waals surface area contributed by atoms with Crippen molar-refractivity contribution in [1.29, 1.82) is 0 Å². The zero-order chi connectivity index (χ0) is 15.1. The van der Waals surface area contributed by atoms with Crippen LogP contribution < -0.4 is 5.32 Å². The predicted molar refractivity (Wildman–Crippen MR) is 87.3 cm³/mol. The van der Waals surface area contributed by atoms with E-state index < -0.39 is 0 Å². The number of nitrogens with one attached hydrogen (secondary N) is 1. The molecule has 0 aromatic heterocycles. The molecule has 0 saturated carbocycles. The second-order valence-electron chi connectivity index (χ2n) is 4.71. The largest absolute Gasteiger partial charge is 0.465 e. The second kappa shape index (κ2) is 7.96. The van der Waals surface area contributed by atoms with E-state index in [1.807, 2.05) is 12.1 Å². The van der Waals surface area contributed by atoms with Gasteiger partial charge in [0.15, 0.2) is 0 Å². The maximum atomic E-state index is 11.4. The minimum Gasteiger partial charge on any atom is -0.465 e. The van der Waals surface area contributed by atoms with Crippen LogP contribution in [0.2, 0.25) is 0 Å². The van der Waals surface area contributed by atoms with Gasteiger partial charge in [0.25, 0.3) is 0 Å². The maximum Gasteiger partial charge on any atom is 0.337 e. The third kappa shape index (κ3) is 4.69. The van der Waals surface area contributed by atoms with Crippen molar-refractivity contribution in [3.8, 4) is 0 Å². The van der Waals surface area contributed by atoms with Gasteiger partial charge in [-0.15, -0.1) is 0 Å². The van der Waals surface area contributed by atoms with Crippen molar-refractivity contribution in [2.24, 2.45) is 0 Å². The highest BCUT2D eigenvalue weighted by molar-refractivity contribution is 9.10. The Balaban J connectivity index is 1.85. The van der Waals surface area contributed by atoms with Gasteiger partial charge in [-0.05, 0) is 36.2 Å². The molecular formula is C17H18BrNO2. The zero-order valence-corrected chi connectivity index (χ0v) is 13.5. The van der Waals surface area contributed by atoms with Crippen LogP contribution >= 0.6 is 15.9 Å². The molecule has 0 radical (unpaired) electrons. The Kier molecular flexibility index (Phi) is 5.96. The van der Waals surface area contributed by atoms with Crippen molar-refractivity contribution in [3.63, 3.8) is 0 Å². The zero-order valence-electron chi connectivity index (χ0n) is 11.9. The van der Waals surface area contributed by atoms with Gasteiger partial charge in [-0.25, -0.2) is 4.79 Å². The molecule has 110 valence electrons. The number of rotatable bonds is 6. The molecule has 0 amide bonds. The van der Waals surface area contributed by atoms with Crippen molar-refractivity contribution >= 4 is 21.9 Å². The Bertz CT molecular complexity index is 599. The van der Waals surface area contributed by atoms with Crippen molar-refractivity contribution in [1.82, 2.24) is 5.32 Å². The molecule has 2 aromatic rings. The van der Waals surface area contributed by atoms with Crippen molar-refractivity contribution in [2.45, 2.75) is 13.0 Å². The van der Waals surface area contributed by atoms with Crippen LogP contribution in [0.5, 0.6) is 0 Å². The second-order valence-corrected chi connectivity index (χ2v) is 5.56. The van der Waals surface area contributed by atoms with Gasteiger partial charge in [-0.1, -0.05) is 52.3 Å². The van der Waals surface area contributed by atoms with E-state index in [0.717, 1.165) is 29.5 Å². The molecule has 1 N–H and O–H groups in total. The Labute approximate surface area is 133 Å². The van der Waals surface area contributed by atoms with Gasteiger partial charge in [-0.2, -0.15) is 0 Å². The summed E-state index contributed by atoms with van der Waals surface area (Å²) in [4.78, 5) is 11.4. The lowest BCUT2D eigenvalue weighted by molar-refractivity contribution is 0.0600. The summed E-state index contributed by atoms with van der Waals surface area (Å²) in [5, 5.41) is 3.41. The molecule has 2 rings (SSSR count). The minimum atomic E-state index is -0.320. The number of hydrogen-bond donors (Lipinski definition) is 1. The molecule has 0 saturated heterocycles. The normalized spacial score (nSPS) is 10.4. The summed E-state index contributed by atoms with van der Waals surface area (Å²) < 4.78 is 5.62. The maximum absolute atomic E-state index is 11.4. The molecule has 0 aliphatic heterocycles. The smallest absolute Gasteiger partial charge is 0.337 e. The first-order chi connectivity index (χ1) is 10.2. The standard InChI is InChI=1S/C17H18BrNO2/c1-21-17(20)14-7-8-15(16(18)11-14)12-19-10-9-13-5-3-2-4-6-13/h2-8,11,19H,9-10,12H2,1H3. The summed E-state index contributed by atoms with van der Waals surface area (Å²) in [6.45, 7) is 1.67. The third-order valence-electron chi connectivity index (χ3n) is 3.22. The molecule has 0 spiro atoms. The fourth-order valence-electron chi connectivity index (χ4n) is 2.04. The molecule has 4 heteroatoms. The van der Waals surface area contributed by atoms with E-state index in [2.05, 4.69) is 45.5 Å². The van der Waals surface area contributed by atoms with E-state index in [4.69, 9.17) is 4.74 Å². The molecule has 0 atom stereocenters. The van der Waals surface area contributed by atoms with E-state index >= 15 is 0 Å². The third-order valence-corrected chi connectivity index (χ3v) is 3.96. The lowest BCUT2D eigenvalue weighted by atomic mass is 10.1. The summed E-state index contributed by atoms with van der Waals surface area (Å²) in [7, 11) is 1.38. The van der Waals surface area contributed by atoms with Gasteiger partial charge >= 0.3 is 5.97 Å². The summed E-state index contributed by atoms with van der Waals surface area (Å²) in [6, 6.07) is 15.9. The molecule has 0 bridgehead atoms. The molecule has 21 heavy (non-hydrogen) atoms. The van der Waals surface area contributed by atoms with Crippen LogP contribution in [-0.2, 0) is 17.7 Å². The number of carbonyl (C=O) groups excluding carboxylic acids is 1. The number of benzene rings is 2. The van der Waals surface area contributed by atoms with Crippen LogP contribution in [0.1, 0.15) is 21.5 Å². The van der Waals surface area contributed by atoms with Gasteiger partial charge in [0, 0.05) is 11.0 Å². The lowest BCUT2D eigenvalue weighted by Crippen LogP contribution is -2.17. The highest BCUT2D eigenvalue weighted by Gasteiger charge is 2.08. The SMILES string of the molecule is COC(=O)c1ccc(CNCCc2ccccc2)c(Br)c1. The number of esters is 1. The summed E-state index contributed by atoms with van der Waals surface area (Å²) in [5.41, 5.74) is 3.00. The van der Waals surface area contributed by atoms with Crippen LogP contribution in [-0.4, -0.2) is 19.6 Å². The average molecular weight is 348 g/mol. The Morgan fingerprint density at radius 3 is 2.62 bits per heavy atom. The van der Waals surface area contributed by atoms with Crippen LogP contribution in [0.15, 0.2) is 53.0 Å². The topological polar surface area (TPSA) is 38.3 Å². The quantitative estimate of drug-likeness (QED) is 0.641. The van der Waals surface area contributed by atoms with Crippen LogP contribution in [0.25, 0.3) is 0 Å². The van der Waals surface area contributed by atoms with E-state index in [0.29, 0.717) is 5.56 Å². The number of hydrogen-bond acceptors (Lipinski definition) is 3. The molecular weight excluding hydrogens is 330 g/mol. The highest BCUT2D eigenvalue weighted by Crippen LogP contribution is 2.19. The number of carbonyl (C=O) groups is 1. The Morgan fingerprint density at radius 1 is 1.19 bits per heavy atom. The first-order valence-corrected chi connectivity index (χ1v) is 7.61. The van der Waals surface area contributed by atoms with Crippen LogP contribution in [0.3, 0.4) is 0 Å². The number of methoxy groups -OCH3 is 1. The first-order valence-electron chi connectivity index (χ1n) is 6.82. The van der Waals surface area contributed by atoms with Gasteiger partial charge in [0.2, 0.25) is 0 Å². The number of halogens is 1. The average Bonchev–Trinajstić information content (AvgIpc) is 2.53. The lowest BCUT2D eigenvalue weighted by Gasteiger charge is -2.08. The van der Waals surface area contributed by atoms with Crippen molar-refractivity contribution < 1.29 is 9.53 Å². The fourth-order valence-corrected chi connectivity index (χ4v) is 2.55. The van der Waals surface area contributed by atoms with Gasteiger partial charge in [0.1, 0.15) is 0 Å². The van der Waals surface area contributed by atoms with E-state index in [1.54, 1.807) is 12.1 Å². The molecule has 0 heterocycles. The van der Waals surface area contributed by atoms with Crippen molar-refractivity contribution in [2.75, 3.05) is 13.7 Å². The monoisotopic (exact) mass is 347 g/mol. The van der Waals surface area contributed by atoms with E-state index in [1.165, 1.54) is 12.7 Å². The molecule has 2 aromatic carbocycles. The molecule has 3 nitrogen and oxygen atoms in total. The number of ether oxygens (including phenoxy) is 1. The molecule has 0 fully saturated rings. The van der Waals surface area contributed by atoms with Gasteiger partial charge < -0.3 is 10.1 Å². The minimum absolute atomic E-state index is 0.320. The van der Waals surface area contributed by atoms with Gasteiger partial charge in [0.05, 0.1) is 12.7 Å². The van der Waals surface area contributed by atoms with Crippen molar-refractivity contribution in [3.05, 3.63) is 69.7 Å². The molecule has 0 aliphatic rings. The fraction of sp³-hybridized carbons (Fsp3) is 0.235. The summed E-state index contributed by atoms with van der Waals surface area (Å²) in [6.07, 6.45) is 0.999. The van der Waals surface area contributed by atoms with Gasteiger partial charge in [-0.3, -0.25) is 0 Å². The highest BCUT2D eigenvalue weighted by atomic mass is 79.9. The van der Waals surface area contributed by atoms with Crippen LogP contribution in [0, 0.1) is 0 Å². The predicted octanol–water partition coefficient (Wildman–Crippen LogP) is 3.57. The van der Waals surface area contributed by atoms with Crippen LogP contribution in [0.4, 0.5) is 0 Å². The first kappa shape index (κ1) is 15.7. The summed E-state index contributed by atoms with van der Waals surface area (Å²) in [5.74, 6) is -0.320. The molecule has 0 unspecified atom stereocenters. The summed E-state index contributed by atoms with van der Waals surface area (Å²) >= 11 is 3.49.